The van der Waals surface area contributed by atoms with E-state index < -0.39 is 0 Å². The van der Waals surface area contributed by atoms with E-state index in [2.05, 4.69) is 0 Å². The summed E-state index contributed by atoms with van der Waals surface area (Å²) in [7, 11) is 0. The van der Waals surface area contributed by atoms with Gasteiger partial charge in [0, 0.05) is 18.6 Å². The molecule has 3 heteroatoms. The summed E-state index contributed by atoms with van der Waals surface area (Å²) in [6.45, 7) is 3.79. The maximum Gasteiger partial charge on any atom is 0.0307 e. The molecule has 1 atom stereocenters. The molecule has 0 bridgehead atoms. The summed E-state index contributed by atoms with van der Waals surface area (Å²) in [5, 5.41) is 1.76. The van der Waals surface area contributed by atoms with Crippen molar-refractivity contribution in [1.29, 1.82) is 0 Å². The molecule has 1 heterocycles. The third-order valence-electron chi connectivity index (χ3n) is 1.53. The van der Waals surface area contributed by atoms with E-state index in [0.717, 1.165) is 19.5 Å². The summed E-state index contributed by atoms with van der Waals surface area (Å²) in [5.41, 5.74) is 5.71. The van der Waals surface area contributed by atoms with E-state index >= 15 is 0 Å². The predicted molar refractivity (Wildman–Crippen MR) is 33.0 cm³/mol. The van der Waals surface area contributed by atoms with Crippen molar-refractivity contribution in [1.82, 2.24) is 5.01 Å². The quantitative estimate of drug-likeness (QED) is 0.410. The van der Waals surface area contributed by atoms with Gasteiger partial charge in [-0.15, -0.1) is 0 Å². The minimum Gasteiger partial charge on any atom is -0.324 e. The zero-order valence-electron chi connectivity index (χ0n) is 5.22. The SMILES string of the molecule is CC1(N)CCN(N)C1. The van der Waals surface area contributed by atoms with Crippen molar-refractivity contribution in [2.75, 3.05) is 13.1 Å². The normalized spacial score (nSPS) is 40.9. The van der Waals surface area contributed by atoms with Crippen molar-refractivity contribution < 1.29 is 0 Å². The molecular weight excluding hydrogens is 102 g/mol. The zero-order chi connectivity index (χ0) is 6.20. The molecule has 0 aromatic rings. The molecule has 8 heavy (non-hydrogen) atoms. The first-order valence-electron chi connectivity index (χ1n) is 2.89. The van der Waals surface area contributed by atoms with E-state index in [1.807, 2.05) is 6.92 Å². The van der Waals surface area contributed by atoms with E-state index in [0.29, 0.717) is 0 Å². The highest BCUT2D eigenvalue weighted by molar-refractivity contribution is 4.87. The van der Waals surface area contributed by atoms with Crippen LogP contribution >= 0.6 is 0 Å². The van der Waals surface area contributed by atoms with E-state index in [4.69, 9.17) is 11.6 Å². The molecule has 48 valence electrons. The molecule has 1 rings (SSSR count). The lowest BCUT2D eigenvalue weighted by Crippen LogP contribution is -2.40. The number of hydrogen-bond donors (Lipinski definition) is 2. The van der Waals surface area contributed by atoms with Crippen LogP contribution in [0.25, 0.3) is 0 Å². The summed E-state index contributed by atoms with van der Waals surface area (Å²) in [6.07, 6.45) is 1.02. The summed E-state index contributed by atoms with van der Waals surface area (Å²) in [5.74, 6) is 5.46. The molecule has 0 saturated carbocycles. The van der Waals surface area contributed by atoms with Crippen molar-refractivity contribution in [2.45, 2.75) is 18.9 Å². The Morgan fingerprint density at radius 1 is 1.62 bits per heavy atom. The van der Waals surface area contributed by atoms with Gasteiger partial charge in [-0.3, -0.25) is 5.84 Å². The fourth-order valence-electron chi connectivity index (χ4n) is 1.02. The first kappa shape index (κ1) is 6.01. The first-order valence-corrected chi connectivity index (χ1v) is 2.89. The van der Waals surface area contributed by atoms with Crippen LogP contribution < -0.4 is 11.6 Å². The van der Waals surface area contributed by atoms with Crippen LogP contribution in [0, 0.1) is 0 Å². The molecule has 0 aliphatic carbocycles. The minimum atomic E-state index is -0.0330. The van der Waals surface area contributed by atoms with E-state index in [-0.39, 0.29) is 5.54 Å². The van der Waals surface area contributed by atoms with Crippen molar-refractivity contribution >= 4 is 0 Å². The monoisotopic (exact) mass is 115 g/mol. The maximum absolute atomic E-state index is 5.75. The molecule has 1 aliphatic rings. The van der Waals surface area contributed by atoms with Crippen LogP contribution in [-0.2, 0) is 0 Å². The third kappa shape index (κ3) is 1.18. The number of nitrogens with two attached hydrogens (primary N) is 2. The third-order valence-corrected chi connectivity index (χ3v) is 1.53. The van der Waals surface area contributed by atoms with E-state index in [1.54, 1.807) is 5.01 Å². The van der Waals surface area contributed by atoms with Gasteiger partial charge in [0.2, 0.25) is 0 Å². The molecule has 0 amide bonds. The highest BCUT2D eigenvalue weighted by atomic mass is 15.4. The Morgan fingerprint density at radius 2 is 2.25 bits per heavy atom. The standard InChI is InChI=1S/C5H13N3/c1-5(6)2-3-8(7)4-5/h2-4,6-7H2,1H3. The predicted octanol–water partition coefficient (Wildman–Crippen LogP) is -0.717. The van der Waals surface area contributed by atoms with Gasteiger partial charge in [0.25, 0.3) is 0 Å². The first-order chi connectivity index (χ1) is 3.60. The van der Waals surface area contributed by atoms with Crippen LogP contribution in [0.4, 0.5) is 0 Å². The van der Waals surface area contributed by atoms with Gasteiger partial charge < -0.3 is 5.73 Å². The molecule has 1 unspecified atom stereocenters. The van der Waals surface area contributed by atoms with Gasteiger partial charge in [-0.1, -0.05) is 0 Å². The second kappa shape index (κ2) is 1.69. The van der Waals surface area contributed by atoms with Crippen LogP contribution in [0.15, 0.2) is 0 Å². The fraction of sp³-hybridized carbons (Fsp3) is 1.00. The lowest BCUT2D eigenvalue weighted by Gasteiger charge is -2.15. The smallest absolute Gasteiger partial charge is 0.0307 e. The highest BCUT2D eigenvalue weighted by Crippen LogP contribution is 2.13. The van der Waals surface area contributed by atoms with E-state index in [1.165, 1.54) is 0 Å². The second-order valence-electron chi connectivity index (χ2n) is 2.87. The van der Waals surface area contributed by atoms with Gasteiger partial charge in [0.15, 0.2) is 0 Å². The Hall–Kier alpha value is -0.120. The maximum atomic E-state index is 5.75. The average molecular weight is 115 g/mol. The molecule has 1 saturated heterocycles. The molecule has 3 nitrogen and oxygen atoms in total. The van der Waals surface area contributed by atoms with Crippen molar-refractivity contribution in [3.63, 3.8) is 0 Å². The molecule has 0 aromatic heterocycles. The largest absolute Gasteiger partial charge is 0.324 e. The lowest BCUT2D eigenvalue weighted by atomic mass is 10.0. The Balaban J connectivity index is 2.44. The van der Waals surface area contributed by atoms with Gasteiger partial charge in [0.1, 0.15) is 0 Å². The highest BCUT2D eigenvalue weighted by Gasteiger charge is 2.27. The van der Waals surface area contributed by atoms with Crippen molar-refractivity contribution in [2.24, 2.45) is 11.6 Å². The van der Waals surface area contributed by atoms with Crippen molar-refractivity contribution in [3.8, 4) is 0 Å². The molecule has 1 fully saturated rings. The zero-order valence-corrected chi connectivity index (χ0v) is 5.22. The van der Waals surface area contributed by atoms with Crippen LogP contribution in [0.3, 0.4) is 0 Å². The van der Waals surface area contributed by atoms with Crippen LogP contribution in [0.1, 0.15) is 13.3 Å². The molecular formula is C5H13N3. The Bertz CT molecular complexity index is 89.7. The Labute approximate surface area is 49.6 Å². The summed E-state index contributed by atoms with van der Waals surface area (Å²) in [4.78, 5) is 0. The summed E-state index contributed by atoms with van der Waals surface area (Å²) >= 11 is 0. The number of hydrazine groups is 1. The fourth-order valence-corrected chi connectivity index (χ4v) is 1.02. The summed E-state index contributed by atoms with van der Waals surface area (Å²) < 4.78 is 0. The lowest BCUT2D eigenvalue weighted by molar-refractivity contribution is 0.330. The van der Waals surface area contributed by atoms with Crippen LogP contribution in [-0.4, -0.2) is 23.6 Å². The van der Waals surface area contributed by atoms with E-state index in [9.17, 15) is 0 Å². The Kier molecular flexibility index (Phi) is 1.27. The van der Waals surface area contributed by atoms with Crippen molar-refractivity contribution in [3.05, 3.63) is 0 Å². The molecule has 0 radical (unpaired) electrons. The molecule has 0 aromatic carbocycles. The average Bonchev–Trinajstić information content (AvgIpc) is 1.82. The molecule has 0 spiro atoms. The van der Waals surface area contributed by atoms with Gasteiger partial charge >= 0.3 is 0 Å². The topological polar surface area (TPSA) is 55.3 Å². The number of hydrogen-bond acceptors (Lipinski definition) is 3. The van der Waals surface area contributed by atoms with Gasteiger partial charge in [-0.05, 0) is 13.3 Å². The van der Waals surface area contributed by atoms with Crippen LogP contribution in [0.5, 0.6) is 0 Å². The van der Waals surface area contributed by atoms with Crippen LogP contribution in [0.2, 0.25) is 0 Å². The second-order valence-corrected chi connectivity index (χ2v) is 2.87. The Morgan fingerprint density at radius 3 is 2.38 bits per heavy atom. The van der Waals surface area contributed by atoms with Gasteiger partial charge in [-0.25, -0.2) is 5.01 Å². The molecule has 1 aliphatic heterocycles. The summed E-state index contributed by atoms with van der Waals surface area (Å²) in [6, 6.07) is 0. The minimum absolute atomic E-state index is 0.0330. The van der Waals surface area contributed by atoms with Gasteiger partial charge in [-0.2, -0.15) is 0 Å². The molecule has 4 N–H and O–H groups in total. The van der Waals surface area contributed by atoms with Gasteiger partial charge in [0.05, 0.1) is 0 Å². The number of nitrogens with zero attached hydrogens (tertiary/aromatic N) is 1. The number of rotatable bonds is 0.